The van der Waals surface area contributed by atoms with Crippen LogP contribution in [0.15, 0.2) is 5.38 Å². The molecule has 126 valence electrons. The predicted molar refractivity (Wildman–Crippen MR) is 81.1 cm³/mol. The lowest BCUT2D eigenvalue weighted by molar-refractivity contribution is -0.140. The highest BCUT2D eigenvalue weighted by molar-refractivity contribution is 7.09. The van der Waals surface area contributed by atoms with Gasteiger partial charge in [-0.3, -0.25) is 4.79 Å². The Morgan fingerprint density at radius 1 is 1.45 bits per heavy atom. The number of rotatable bonds is 4. The van der Waals surface area contributed by atoms with E-state index in [1.165, 1.54) is 0 Å². The van der Waals surface area contributed by atoms with Crippen LogP contribution in [0.5, 0.6) is 0 Å². The topological polar surface area (TPSA) is 54.0 Å². The van der Waals surface area contributed by atoms with Crippen molar-refractivity contribution in [2.24, 2.45) is 11.8 Å². The zero-order chi connectivity index (χ0) is 15.8. The number of nitrogens with zero attached hydrogens (tertiary/aromatic N) is 1. The molecule has 22 heavy (non-hydrogen) atoms. The van der Waals surface area contributed by atoms with E-state index < -0.39 is 17.4 Å². The van der Waals surface area contributed by atoms with Gasteiger partial charge >= 0.3 is 6.18 Å². The van der Waals surface area contributed by atoms with E-state index in [2.05, 4.69) is 15.6 Å². The molecule has 1 aromatic heterocycles. The van der Waals surface area contributed by atoms with E-state index in [9.17, 15) is 18.0 Å². The van der Waals surface area contributed by atoms with Gasteiger partial charge in [0.15, 0.2) is 5.69 Å². The number of thiazole rings is 1. The van der Waals surface area contributed by atoms with Crippen LogP contribution in [-0.2, 0) is 16.5 Å². The van der Waals surface area contributed by atoms with Crippen LogP contribution in [-0.4, -0.2) is 24.0 Å². The summed E-state index contributed by atoms with van der Waals surface area (Å²) in [5.41, 5.74) is -1.84. The molecule has 1 atom stereocenters. The van der Waals surface area contributed by atoms with Gasteiger partial charge in [-0.1, -0.05) is 6.92 Å². The molecule has 2 rings (SSSR count). The Kier molecular flexibility index (Phi) is 5.86. The van der Waals surface area contributed by atoms with Gasteiger partial charge in [-0.25, -0.2) is 4.98 Å². The second-order valence-electron chi connectivity index (χ2n) is 5.86. The number of halogens is 4. The van der Waals surface area contributed by atoms with E-state index in [-0.39, 0.29) is 35.2 Å². The summed E-state index contributed by atoms with van der Waals surface area (Å²) in [6.45, 7) is 6.75. The molecule has 1 saturated heterocycles. The number of nitrogens with one attached hydrogen (secondary N) is 2. The molecular weight excluding hydrogens is 339 g/mol. The monoisotopic (exact) mass is 357 g/mol. The Morgan fingerprint density at radius 2 is 2.05 bits per heavy atom. The second-order valence-corrected chi connectivity index (χ2v) is 6.72. The van der Waals surface area contributed by atoms with Crippen LogP contribution < -0.4 is 10.6 Å². The molecule has 0 spiro atoms. The van der Waals surface area contributed by atoms with Crippen molar-refractivity contribution in [1.29, 1.82) is 0 Å². The van der Waals surface area contributed by atoms with Crippen LogP contribution in [0.3, 0.4) is 0 Å². The van der Waals surface area contributed by atoms with E-state index in [1.807, 2.05) is 6.92 Å². The largest absolute Gasteiger partial charge is 0.434 e. The molecule has 1 aliphatic rings. The maximum absolute atomic E-state index is 12.6. The summed E-state index contributed by atoms with van der Waals surface area (Å²) in [5.74, 6) is -0.0503. The quantitative estimate of drug-likeness (QED) is 0.871. The van der Waals surface area contributed by atoms with Gasteiger partial charge in [0.25, 0.3) is 0 Å². The summed E-state index contributed by atoms with van der Waals surface area (Å²) in [4.78, 5) is 15.8. The number of hydrogen-bond donors (Lipinski definition) is 2. The SMILES string of the molecule is CC(C(=O)NC(C)(C)c1nc(C(F)(F)F)cs1)C1CNC1.Cl. The fourth-order valence-corrected chi connectivity index (χ4v) is 2.95. The van der Waals surface area contributed by atoms with Crippen LogP contribution in [0.4, 0.5) is 13.2 Å². The first-order valence-corrected chi connectivity index (χ1v) is 7.55. The molecule has 1 unspecified atom stereocenters. The van der Waals surface area contributed by atoms with Gasteiger partial charge in [0.05, 0.1) is 5.54 Å². The molecule has 0 saturated carbocycles. The number of alkyl halides is 3. The zero-order valence-corrected chi connectivity index (χ0v) is 14.1. The van der Waals surface area contributed by atoms with Crippen molar-refractivity contribution in [2.75, 3.05) is 13.1 Å². The van der Waals surface area contributed by atoms with Crippen molar-refractivity contribution in [3.8, 4) is 0 Å². The van der Waals surface area contributed by atoms with Gasteiger partial charge in [-0.2, -0.15) is 13.2 Å². The summed E-state index contributed by atoms with van der Waals surface area (Å²) in [6.07, 6.45) is -4.46. The molecule has 9 heteroatoms. The average Bonchev–Trinajstić information content (AvgIpc) is 2.74. The van der Waals surface area contributed by atoms with Gasteiger partial charge in [0.1, 0.15) is 5.01 Å². The van der Waals surface area contributed by atoms with Gasteiger partial charge in [-0.15, -0.1) is 23.7 Å². The molecule has 2 heterocycles. The summed E-state index contributed by atoms with van der Waals surface area (Å²) < 4.78 is 37.8. The first-order chi connectivity index (χ1) is 9.61. The molecule has 4 nitrogen and oxygen atoms in total. The molecule has 1 aromatic rings. The molecule has 0 aromatic carbocycles. The highest BCUT2D eigenvalue weighted by atomic mass is 35.5. The van der Waals surface area contributed by atoms with Crippen molar-refractivity contribution in [2.45, 2.75) is 32.5 Å². The zero-order valence-electron chi connectivity index (χ0n) is 12.5. The predicted octanol–water partition coefficient (Wildman–Crippen LogP) is 2.79. The van der Waals surface area contributed by atoms with Gasteiger partial charge in [-0.05, 0) is 32.9 Å². The standard InChI is InChI=1S/C13H18F3N3OS.ClH/c1-7(8-4-17-5-8)10(20)19-12(2,3)11-18-9(6-21-11)13(14,15)16;/h6-8,17H,4-5H2,1-3H3,(H,19,20);1H. The molecule has 1 amide bonds. The van der Waals surface area contributed by atoms with Crippen LogP contribution in [0.25, 0.3) is 0 Å². The Morgan fingerprint density at radius 3 is 2.45 bits per heavy atom. The Bertz CT molecular complexity index is 529. The maximum atomic E-state index is 12.6. The Balaban J connectivity index is 0.00000242. The van der Waals surface area contributed by atoms with Crippen LogP contribution in [0, 0.1) is 11.8 Å². The summed E-state index contributed by atoms with van der Waals surface area (Å²) in [6, 6.07) is 0. The second kappa shape index (κ2) is 6.72. The first-order valence-electron chi connectivity index (χ1n) is 6.67. The van der Waals surface area contributed by atoms with Crippen molar-refractivity contribution in [3.63, 3.8) is 0 Å². The number of amides is 1. The Labute approximate surface area is 137 Å². The smallest absolute Gasteiger partial charge is 0.344 e. The third-order valence-electron chi connectivity index (χ3n) is 3.70. The molecule has 1 fully saturated rings. The highest BCUT2D eigenvalue weighted by Crippen LogP contribution is 2.33. The normalized spacial score (nSPS) is 17.4. The fraction of sp³-hybridized carbons (Fsp3) is 0.692. The third kappa shape index (κ3) is 4.11. The molecular formula is C13H19ClF3N3OS. The first kappa shape index (κ1) is 19.2. The summed E-state index contributed by atoms with van der Waals surface area (Å²) >= 11 is 0.907. The van der Waals surface area contributed by atoms with Crippen molar-refractivity contribution in [3.05, 3.63) is 16.1 Å². The van der Waals surface area contributed by atoms with Crippen LogP contribution in [0.2, 0.25) is 0 Å². The van der Waals surface area contributed by atoms with E-state index >= 15 is 0 Å². The van der Waals surface area contributed by atoms with Crippen molar-refractivity contribution >= 4 is 29.7 Å². The third-order valence-corrected chi connectivity index (χ3v) is 4.86. The lowest BCUT2D eigenvalue weighted by Gasteiger charge is -2.34. The number of carbonyl (C=O) groups excluding carboxylic acids is 1. The van der Waals surface area contributed by atoms with E-state index in [1.54, 1.807) is 13.8 Å². The van der Waals surface area contributed by atoms with E-state index in [0.717, 1.165) is 29.8 Å². The average molecular weight is 358 g/mol. The van der Waals surface area contributed by atoms with Gasteiger partial charge < -0.3 is 10.6 Å². The number of aromatic nitrogens is 1. The van der Waals surface area contributed by atoms with E-state index in [0.29, 0.717) is 0 Å². The molecule has 0 bridgehead atoms. The van der Waals surface area contributed by atoms with Crippen molar-refractivity contribution < 1.29 is 18.0 Å². The molecule has 2 N–H and O–H groups in total. The molecule has 1 aliphatic heterocycles. The summed E-state index contributed by atoms with van der Waals surface area (Å²) in [5, 5.41) is 7.12. The van der Waals surface area contributed by atoms with Gasteiger partial charge in [0, 0.05) is 11.3 Å². The van der Waals surface area contributed by atoms with E-state index in [4.69, 9.17) is 0 Å². The summed E-state index contributed by atoms with van der Waals surface area (Å²) in [7, 11) is 0. The lowest BCUT2D eigenvalue weighted by atomic mass is 9.87. The fourth-order valence-electron chi connectivity index (χ4n) is 2.04. The van der Waals surface area contributed by atoms with Crippen LogP contribution in [0.1, 0.15) is 31.5 Å². The minimum Gasteiger partial charge on any atom is -0.344 e. The maximum Gasteiger partial charge on any atom is 0.434 e. The minimum atomic E-state index is -4.46. The lowest BCUT2D eigenvalue weighted by Crippen LogP contribution is -2.52. The van der Waals surface area contributed by atoms with Crippen molar-refractivity contribution in [1.82, 2.24) is 15.6 Å². The van der Waals surface area contributed by atoms with Crippen LogP contribution >= 0.6 is 23.7 Å². The molecule has 0 aliphatic carbocycles. The van der Waals surface area contributed by atoms with Gasteiger partial charge in [0.2, 0.25) is 5.91 Å². The number of hydrogen-bond acceptors (Lipinski definition) is 4. The Hall–Kier alpha value is -0.860. The minimum absolute atomic E-state index is 0. The molecule has 0 radical (unpaired) electrons. The number of carbonyl (C=O) groups is 1. The highest BCUT2D eigenvalue weighted by Gasteiger charge is 2.37.